The van der Waals surface area contributed by atoms with Crippen LogP contribution < -0.4 is 5.73 Å². The van der Waals surface area contributed by atoms with Crippen molar-refractivity contribution in [3.63, 3.8) is 0 Å². The van der Waals surface area contributed by atoms with Crippen LogP contribution in [0.5, 0.6) is 0 Å². The fourth-order valence-electron chi connectivity index (χ4n) is 1.59. The van der Waals surface area contributed by atoms with Gasteiger partial charge in [-0.15, -0.1) is 5.10 Å². The lowest BCUT2D eigenvalue weighted by molar-refractivity contribution is -0.117. The highest BCUT2D eigenvalue weighted by molar-refractivity contribution is 8.00. The lowest BCUT2D eigenvalue weighted by Crippen LogP contribution is -2.24. The van der Waals surface area contributed by atoms with E-state index in [1.165, 1.54) is 11.8 Å². The van der Waals surface area contributed by atoms with Crippen molar-refractivity contribution in [2.24, 2.45) is 5.73 Å². The molecule has 1 aromatic rings. The molecule has 2 N–H and O–H groups in total. The van der Waals surface area contributed by atoms with Gasteiger partial charge in [0, 0.05) is 6.61 Å². The van der Waals surface area contributed by atoms with Crippen LogP contribution in [0.3, 0.4) is 0 Å². The third-order valence-electron chi connectivity index (χ3n) is 2.58. The minimum Gasteiger partial charge on any atom is -0.376 e. The van der Waals surface area contributed by atoms with Crippen molar-refractivity contribution < 1.29 is 9.53 Å². The van der Waals surface area contributed by atoms with E-state index in [1.54, 1.807) is 11.6 Å². The van der Waals surface area contributed by atoms with Gasteiger partial charge in [0.25, 0.3) is 0 Å². The zero-order chi connectivity index (χ0) is 12.3. The van der Waals surface area contributed by atoms with Crippen LogP contribution in [0.4, 0.5) is 0 Å². The van der Waals surface area contributed by atoms with E-state index in [0.29, 0.717) is 11.7 Å². The first kappa shape index (κ1) is 12.3. The van der Waals surface area contributed by atoms with E-state index in [0.717, 1.165) is 19.4 Å². The predicted molar refractivity (Wildman–Crippen MR) is 61.3 cm³/mol. The minimum absolute atomic E-state index is 0.168. The fraction of sp³-hybridized carbons (Fsp3) is 0.778. The average Bonchev–Trinajstić information content (AvgIpc) is 2.91. The molecule has 0 radical (unpaired) electrons. The van der Waals surface area contributed by atoms with E-state index in [2.05, 4.69) is 15.5 Å². The first-order valence-electron chi connectivity index (χ1n) is 5.50. The molecule has 0 unspecified atom stereocenters. The van der Waals surface area contributed by atoms with Crippen molar-refractivity contribution in [3.8, 4) is 0 Å². The number of hydrogen-bond donors (Lipinski definition) is 1. The van der Waals surface area contributed by atoms with Gasteiger partial charge in [0.1, 0.15) is 0 Å². The molecule has 2 rings (SSSR count). The molecule has 1 aliphatic heterocycles. The van der Waals surface area contributed by atoms with Crippen LogP contribution in [-0.4, -0.2) is 44.1 Å². The summed E-state index contributed by atoms with van der Waals surface area (Å²) in [5.41, 5.74) is 5.20. The van der Waals surface area contributed by atoms with Gasteiger partial charge >= 0.3 is 0 Å². The highest BCUT2D eigenvalue weighted by Crippen LogP contribution is 2.21. The van der Waals surface area contributed by atoms with E-state index in [9.17, 15) is 4.79 Å². The molecule has 1 aliphatic rings. The summed E-state index contributed by atoms with van der Waals surface area (Å²) in [5.74, 6) is -0.373. The molecule has 94 valence electrons. The number of carbonyl (C=O) groups excluding carboxylic acids is 1. The van der Waals surface area contributed by atoms with Crippen LogP contribution in [-0.2, 0) is 16.1 Å². The molecule has 1 saturated heterocycles. The van der Waals surface area contributed by atoms with E-state index in [-0.39, 0.29) is 17.3 Å². The van der Waals surface area contributed by atoms with Crippen LogP contribution >= 0.6 is 11.8 Å². The van der Waals surface area contributed by atoms with Gasteiger partial charge in [-0.05, 0) is 30.2 Å². The van der Waals surface area contributed by atoms with Crippen molar-refractivity contribution in [2.45, 2.75) is 42.8 Å². The van der Waals surface area contributed by atoms with Crippen LogP contribution in [0.2, 0.25) is 0 Å². The van der Waals surface area contributed by atoms with Gasteiger partial charge in [0.2, 0.25) is 11.1 Å². The number of carbonyl (C=O) groups is 1. The number of tetrazole rings is 1. The Morgan fingerprint density at radius 3 is 3.24 bits per heavy atom. The molecule has 8 heteroatoms. The summed E-state index contributed by atoms with van der Waals surface area (Å²) in [5, 5.41) is 11.6. The number of nitrogens with zero attached hydrogens (tertiary/aromatic N) is 4. The SMILES string of the molecule is C[C@@H](Sc1nnnn1C[C@H]1CCCO1)C(N)=O. The highest BCUT2D eigenvalue weighted by Gasteiger charge is 2.21. The Labute approximate surface area is 103 Å². The Bertz CT molecular complexity index is 390. The number of primary amides is 1. The molecule has 0 aliphatic carbocycles. The van der Waals surface area contributed by atoms with E-state index in [1.807, 2.05) is 0 Å². The number of hydrogen-bond acceptors (Lipinski definition) is 6. The molecule has 1 aromatic heterocycles. The Balaban J connectivity index is 1.98. The summed E-state index contributed by atoms with van der Waals surface area (Å²) in [6.07, 6.45) is 2.27. The smallest absolute Gasteiger partial charge is 0.230 e. The first-order chi connectivity index (χ1) is 8.16. The maximum atomic E-state index is 11.0. The quantitative estimate of drug-likeness (QED) is 0.735. The molecule has 0 bridgehead atoms. The summed E-state index contributed by atoms with van der Waals surface area (Å²) in [6.45, 7) is 3.16. The number of rotatable bonds is 5. The van der Waals surface area contributed by atoms with Crippen LogP contribution in [0.1, 0.15) is 19.8 Å². The van der Waals surface area contributed by atoms with Gasteiger partial charge < -0.3 is 10.5 Å². The standard InChI is InChI=1S/C9H15N5O2S/c1-6(8(10)15)17-9-11-12-13-14(9)5-7-3-2-4-16-7/h6-7H,2-5H2,1H3,(H2,10,15)/t6-,7-/m1/s1. The number of amides is 1. The Morgan fingerprint density at radius 1 is 1.76 bits per heavy atom. The lowest BCUT2D eigenvalue weighted by atomic mass is 10.2. The second-order valence-electron chi connectivity index (χ2n) is 3.94. The van der Waals surface area contributed by atoms with Gasteiger partial charge in [0.05, 0.1) is 17.9 Å². The summed E-state index contributed by atoms with van der Waals surface area (Å²) in [4.78, 5) is 11.0. The lowest BCUT2D eigenvalue weighted by Gasteiger charge is -2.11. The van der Waals surface area contributed by atoms with Crippen molar-refractivity contribution >= 4 is 17.7 Å². The molecule has 1 fully saturated rings. The molecule has 17 heavy (non-hydrogen) atoms. The van der Waals surface area contributed by atoms with Crippen LogP contribution in [0, 0.1) is 0 Å². The van der Waals surface area contributed by atoms with Crippen LogP contribution in [0.25, 0.3) is 0 Å². The van der Waals surface area contributed by atoms with Gasteiger partial charge in [-0.25, -0.2) is 4.68 Å². The third kappa shape index (κ3) is 3.16. The molecule has 0 spiro atoms. The van der Waals surface area contributed by atoms with Crippen molar-refractivity contribution in [1.82, 2.24) is 20.2 Å². The van der Waals surface area contributed by atoms with Crippen molar-refractivity contribution in [2.75, 3.05) is 6.61 Å². The second-order valence-corrected chi connectivity index (χ2v) is 5.25. The van der Waals surface area contributed by atoms with Crippen LogP contribution in [0.15, 0.2) is 5.16 Å². The number of nitrogens with two attached hydrogens (primary N) is 1. The molecule has 0 saturated carbocycles. The molecule has 7 nitrogen and oxygen atoms in total. The molecule has 2 atom stereocenters. The predicted octanol–water partition coefficient (Wildman–Crippen LogP) is -0.182. The van der Waals surface area contributed by atoms with E-state index in [4.69, 9.17) is 10.5 Å². The number of thioether (sulfide) groups is 1. The Hall–Kier alpha value is -1.15. The van der Waals surface area contributed by atoms with Gasteiger partial charge in [-0.1, -0.05) is 11.8 Å². The maximum absolute atomic E-state index is 11.0. The summed E-state index contributed by atoms with van der Waals surface area (Å²) in [7, 11) is 0. The summed E-state index contributed by atoms with van der Waals surface area (Å²) in [6, 6.07) is 0. The largest absolute Gasteiger partial charge is 0.376 e. The number of aromatic nitrogens is 4. The zero-order valence-corrected chi connectivity index (χ0v) is 10.4. The topological polar surface area (TPSA) is 95.9 Å². The Morgan fingerprint density at radius 2 is 2.59 bits per heavy atom. The maximum Gasteiger partial charge on any atom is 0.230 e. The summed E-state index contributed by atoms with van der Waals surface area (Å²) < 4.78 is 7.18. The molecular weight excluding hydrogens is 242 g/mol. The summed E-state index contributed by atoms with van der Waals surface area (Å²) >= 11 is 1.27. The normalized spacial score (nSPS) is 21.6. The number of ether oxygens (including phenoxy) is 1. The molecule has 2 heterocycles. The third-order valence-corrected chi connectivity index (χ3v) is 3.67. The average molecular weight is 257 g/mol. The first-order valence-corrected chi connectivity index (χ1v) is 6.38. The van der Waals surface area contributed by atoms with Gasteiger partial charge in [0.15, 0.2) is 0 Å². The van der Waals surface area contributed by atoms with Gasteiger partial charge in [-0.2, -0.15) is 0 Å². The second kappa shape index (κ2) is 5.46. The fourth-order valence-corrected chi connectivity index (χ4v) is 2.34. The van der Waals surface area contributed by atoms with E-state index < -0.39 is 0 Å². The molecular formula is C9H15N5O2S. The van der Waals surface area contributed by atoms with E-state index >= 15 is 0 Å². The monoisotopic (exact) mass is 257 g/mol. The Kier molecular flexibility index (Phi) is 3.95. The molecule has 0 aromatic carbocycles. The highest BCUT2D eigenvalue weighted by atomic mass is 32.2. The molecule has 1 amide bonds. The van der Waals surface area contributed by atoms with Crippen molar-refractivity contribution in [1.29, 1.82) is 0 Å². The van der Waals surface area contributed by atoms with Crippen molar-refractivity contribution in [3.05, 3.63) is 0 Å². The zero-order valence-electron chi connectivity index (χ0n) is 9.57. The minimum atomic E-state index is -0.373. The van der Waals surface area contributed by atoms with Gasteiger partial charge in [-0.3, -0.25) is 4.79 Å².